The Labute approximate surface area is 106 Å². The zero-order chi connectivity index (χ0) is 13.8. The van der Waals surface area contributed by atoms with Crippen LogP contribution in [0.25, 0.3) is 0 Å². The molecule has 0 amide bonds. The maximum atomic E-state index is 12.1. The van der Waals surface area contributed by atoms with Gasteiger partial charge in [0.05, 0.1) is 12.7 Å². The summed E-state index contributed by atoms with van der Waals surface area (Å²) in [5.74, 6) is 0.246. The van der Waals surface area contributed by atoms with Crippen molar-refractivity contribution in [2.45, 2.75) is 11.0 Å². The van der Waals surface area contributed by atoms with E-state index in [1.54, 1.807) is 0 Å². The predicted molar refractivity (Wildman–Crippen MR) is 66.3 cm³/mol. The van der Waals surface area contributed by atoms with Gasteiger partial charge in [0.2, 0.25) is 10.0 Å². The third-order valence-electron chi connectivity index (χ3n) is 2.29. The molecule has 1 atom stereocenters. The zero-order valence-corrected chi connectivity index (χ0v) is 11.1. The summed E-state index contributed by atoms with van der Waals surface area (Å²) in [5, 5.41) is 9.51. The van der Waals surface area contributed by atoms with Crippen LogP contribution in [-0.2, 0) is 14.8 Å². The number of rotatable bonds is 6. The summed E-state index contributed by atoms with van der Waals surface area (Å²) in [4.78, 5) is 3.76. The van der Waals surface area contributed by atoms with Crippen molar-refractivity contribution < 1.29 is 18.3 Å². The molecular formula is C10H17N3O4S. The molecule has 0 saturated heterocycles. The fourth-order valence-electron chi connectivity index (χ4n) is 1.36. The number of anilines is 1. The van der Waals surface area contributed by atoms with Crippen molar-refractivity contribution in [3.05, 3.63) is 18.3 Å². The lowest BCUT2D eigenvalue weighted by molar-refractivity contribution is 0.0554. The van der Waals surface area contributed by atoms with Gasteiger partial charge in [0, 0.05) is 26.9 Å². The van der Waals surface area contributed by atoms with Crippen LogP contribution in [0.1, 0.15) is 0 Å². The van der Waals surface area contributed by atoms with Gasteiger partial charge in [0.1, 0.15) is 10.7 Å². The van der Waals surface area contributed by atoms with Crippen LogP contribution in [0, 0.1) is 0 Å². The maximum Gasteiger partial charge on any atom is 0.244 e. The molecule has 0 bridgehead atoms. The molecular weight excluding hydrogens is 258 g/mol. The first-order valence-electron chi connectivity index (χ1n) is 5.22. The van der Waals surface area contributed by atoms with Crippen molar-refractivity contribution in [2.24, 2.45) is 0 Å². The van der Waals surface area contributed by atoms with E-state index < -0.39 is 16.1 Å². The van der Waals surface area contributed by atoms with Crippen LogP contribution >= 0.6 is 0 Å². The van der Waals surface area contributed by atoms with Gasteiger partial charge < -0.3 is 15.6 Å². The van der Waals surface area contributed by atoms with E-state index in [0.29, 0.717) is 0 Å². The van der Waals surface area contributed by atoms with Crippen molar-refractivity contribution in [2.75, 3.05) is 33.0 Å². The molecule has 0 aliphatic heterocycles. The van der Waals surface area contributed by atoms with Gasteiger partial charge in [-0.25, -0.2) is 13.4 Å². The van der Waals surface area contributed by atoms with Crippen molar-refractivity contribution in [3.63, 3.8) is 0 Å². The highest BCUT2D eigenvalue weighted by molar-refractivity contribution is 7.89. The Morgan fingerprint density at radius 1 is 1.56 bits per heavy atom. The normalized spacial score (nSPS) is 13.8. The Kier molecular flexibility index (Phi) is 5.03. The number of nitrogens with zero attached hydrogens (tertiary/aromatic N) is 2. The quantitative estimate of drug-likeness (QED) is 0.710. The molecule has 102 valence electrons. The number of hydrogen-bond acceptors (Lipinski definition) is 6. The molecule has 0 aliphatic carbocycles. The molecule has 18 heavy (non-hydrogen) atoms. The SMILES string of the molecule is COCC(O)CN(C)S(=O)(=O)c1ccc(N)nc1. The van der Waals surface area contributed by atoms with Crippen molar-refractivity contribution in [1.29, 1.82) is 0 Å². The summed E-state index contributed by atoms with van der Waals surface area (Å²) in [6.07, 6.45) is 0.306. The Morgan fingerprint density at radius 2 is 2.22 bits per heavy atom. The van der Waals surface area contributed by atoms with Gasteiger partial charge in [-0.2, -0.15) is 4.31 Å². The number of aliphatic hydroxyl groups is 1. The minimum absolute atomic E-state index is 0.0313. The number of methoxy groups -OCH3 is 1. The molecule has 1 aromatic heterocycles. The molecule has 1 unspecified atom stereocenters. The summed E-state index contributed by atoms with van der Waals surface area (Å²) in [6, 6.07) is 2.78. The van der Waals surface area contributed by atoms with Crippen molar-refractivity contribution in [3.8, 4) is 0 Å². The van der Waals surface area contributed by atoms with Gasteiger partial charge in [0.25, 0.3) is 0 Å². The molecule has 8 heteroatoms. The summed E-state index contributed by atoms with van der Waals surface area (Å²) < 4.78 is 29.9. The summed E-state index contributed by atoms with van der Waals surface area (Å²) in [5.41, 5.74) is 5.39. The number of ether oxygens (including phenoxy) is 1. The zero-order valence-electron chi connectivity index (χ0n) is 10.3. The maximum absolute atomic E-state index is 12.1. The molecule has 1 aromatic rings. The summed E-state index contributed by atoms with van der Waals surface area (Å²) in [7, 11) is -0.858. The number of hydrogen-bond donors (Lipinski definition) is 2. The topological polar surface area (TPSA) is 106 Å². The molecule has 7 nitrogen and oxygen atoms in total. The average Bonchev–Trinajstić information content (AvgIpc) is 2.29. The largest absolute Gasteiger partial charge is 0.389 e. The fraction of sp³-hybridized carbons (Fsp3) is 0.500. The van der Waals surface area contributed by atoms with Crippen LogP contribution in [0.3, 0.4) is 0 Å². The van der Waals surface area contributed by atoms with E-state index in [4.69, 9.17) is 10.5 Å². The van der Waals surface area contributed by atoms with Crippen LogP contribution in [0.4, 0.5) is 5.82 Å². The number of nitrogens with two attached hydrogens (primary N) is 1. The number of nitrogen functional groups attached to an aromatic ring is 1. The van der Waals surface area contributed by atoms with Crippen molar-refractivity contribution in [1.82, 2.24) is 9.29 Å². The number of likely N-dealkylation sites (N-methyl/N-ethyl adjacent to an activating group) is 1. The lowest BCUT2D eigenvalue weighted by atomic mass is 10.4. The van der Waals surface area contributed by atoms with E-state index in [1.165, 1.54) is 32.5 Å². The van der Waals surface area contributed by atoms with Crippen LogP contribution in [0.5, 0.6) is 0 Å². The second kappa shape index (κ2) is 6.10. The third-order valence-corrected chi connectivity index (χ3v) is 4.10. The van der Waals surface area contributed by atoms with Gasteiger partial charge in [-0.1, -0.05) is 0 Å². The first kappa shape index (κ1) is 14.8. The fourth-order valence-corrected chi connectivity index (χ4v) is 2.52. The van der Waals surface area contributed by atoms with Gasteiger partial charge in [-0.05, 0) is 12.1 Å². The lowest BCUT2D eigenvalue weighted by Gasteiger charge is -2.20. The van der Waals surface area contributed by atoms with E-state index in [2.05, 4.69) is 4.98 Å². The van der Waals surface area contributed by atoms with Gasteiger partial charge in [-0.15, -0.1) is 0 Å². The minimum atomic E-state index is -3.67. The Morgan fingerprint density at radius 3 is 2.72 bits per heavy atom. The standard InChI is InChI=1S/C10H17N3O4S/c1-13(6-8(14)7-17-2)18(15,16)9-3-4-10(11)12-5-9/h3-5,8,14H,6-7H2,1-2H3,(H2,11,12). The van der Waals surface area contributed by atoms with Crippen LogP contribution < -0.4 is 5.73 Å². The number of pyridine rings is 1. The first-order valence-corrected chi connectivity index (χ1v) is 6.66. The molecule has 0 aromatic carbocycles. The van der Waals surface area contributed by atoms with Crippen LogP contribution in [0.15, 0.2) is 23.2 Å². The molecule has 3 N–H and O–H groups in total. The van der Waals surface area contributed by atoms with E-state index in [1.807, 2.05) is 0 Å². The highest BCUT2D eigenvalue weighted by Gasteiger charge is 2.23. The van der Waals surface area contributed by atoms with E-state index in [9.17, 15) is 13.5 Å². The lowest BCUT2D eigenvalue weighted by Crippen LogP contribution is -2.36. The highest BCUT2D eigenvalue weighted by Crippen LogP contribution is 2.14. The number of sulfonamides is 1. The van der Waals surface area contributed by atoms with Crippen LogP contribution in [-0.4, -0.2) is 56.2 Å². The molecule has 0 spiro atoms. The van der Waals surface area contributed by atoms with Crippen molar-refractivity contribution >= 4 is 15.8 Å². The first-order chi connectivity index (χ1) is 8.37. The van der Waals surface area contributed by atoms with E-state index in [0.717, 1.165) is 4.31 Å². The molecule has 0 saturated carbocycles. The number of aliphatic hydroxyl groups excluding tert-OH is 1. The Hall–Kier alpha value is -1.22. The Balaban J connectivity index is 2.83. The highest BCUT2D eigenvalue weighted by atomic mass is 32.2. The third kappa shape index (κ3) is 3.64. The number of aromatic nitrogens is 1. The van der Waals surface area contributed by atoms with Gasteiger partial charge in [-0.3, -0.25) is 0 Å². The van der Waals surface area contributed by atoms with Gasteiger partial charge >= 0.3 is 0 Å². The molecule has 0 fully saturated rings. The average molecular weight is 275 g/mol. The molecule has 1 heterocycles. The van der Waals surface area contributed by atoms with E-state index >= 15 is 0 Å². The van der Waals surface area contributed by atoms with E-state index in [-0.39, 0.29) is 23.9 Å². The monoisotopic (exact) mass is 275 g/mol. The second-order valence-electron chi connectivity index (χ2n) is 3.81. The summed E-state index contributed by atoms with van der Waals surface area (Å²) >= 11 is 0. The second-order valence-corrected chi connectivity index (χ2v) is 5.86. The van der Waals surface area contributed by atoms with Gasteiger partial charge in [0.15, 0.2) is 0 Å². The molecule has 0 aliphatic rings. The Bertz CT molecular complexity index is 474. The smallest absolute Gasteiger partial charge is 0.244 e. The molecule has 1 rings (SSSR count). The van der Waals surface area contributed by atoms with Crippen LogP contribution in [0.2, 0.25) is 0 Å². The summed E-state index contributed by atoms with van der Waals surface area (Å²) in [6.45, 7) is 0.0143. The molecule has 0 radical (unpaired) electrons. The predicted octanol–water partition coefficient (Wildman–Crippen LogP) is -0.708. The minimum Gasteiger partial charge on any atom is -0.389 e.